The number of carbonyl (C=O) groups is 1. The van der Waals surface area contributed by atoms with Crippen LogP contribution in [0.25, 0.3) is 0 Å². The first-order valence-electron chi connectivity index (χ1n) is 5.95. The number of nitrogens with one attached hydrogen (secondary N) is 1. The molecule has 1 unspecified atom stereocenters. The fraction of sp³-hybridized carbons (Fsp3) is 0.727. The maximum atomic E-state index is 12.0. The number of amides is 1. The summed E-state index contributed by atoms with van der Waals surface area (Å²) >= 11 is 0. The highest BCUT2D eigenvalue weighted by molar-refractivity contribution is 5.90. The Morgan fingerprint density at radius 3 is 3.00 bits per heavy atom. The van der Waals surface area contributed by atoms with Crippen molar-refractivity contribution in [2.45, 2.75) is 38.7 Å². The summed E-state index contributed by atoms with van der Waals surface area (Å²) in [6, 6.07) is 0. The monoisotopic (exact) mass is 238 g/mol. The van der Waals surface area contributed by atoms with E-state index in [9.17, 15) is 9.90 Å². The highest BCUT2D eigenvalue weighted by Crippen LogP contribution is 2.21. The van der Waals surface area contributed by atoms with E-state index >= 15 is 0 Å². The van der Waals surface area contributed by atoms with Crippen LogP contribution in [0.3, 0.4) is 0 Å². The molecule has 2 heterocycles. The maximum Gasteiger partial charge on any atom is 0.293 e. The summed E-state index contributed by atoms with van der Waals surface area (Å²) in [4.78, 5) is 17.8. The van der Waals surface area contributed by atoms with Gasteiger partial charge in [-0.3, -0.25) is 9.89 Å². The first kappa shape index (κ1) is 12.0. The molecule has 17 heavy (non-hydrogen) atoms. The Balaban J connectivity index is 2.04. The molecule has 1 saturated heterocycles. The lowest BCUT2D eigenvalue weighted by atomic mass is 10.1. The molecule has 6 nitrogen and oxygen atoms in total. The second kappa shape index (κ2) is 4.44. The third kappa shape index (κ3) is 2.63. The molecule has 1 aliphatic heterocycles. The molecule has 0 aromatic carbocycles. The predicted octanol–water partition coefficient (Wildman–Crippen LogP) is 0.354. The van der Waals surface area contributed by atoms with E-state index in [-0.39, 0.29) is 11.7 Å². The van der Waals surface area contributed by atoms with Gasteiger partial charge in [0, 0.05) is 19.5 Å². The minimum atomic E-state index is -0.780. The number of β-amino-alcohol motifs (C(OH)–C–C–N with tert-alkyl or cyclic N) is 1. The van der Waals surface area contributed by atoms with Gasteiger partial charge in [0.2, 0.25) is 5.82 Å². The van der Waals surface area contributed by atoms with Crippen molar-refractivity contribution in [2.75, 3.05) is 13.1 Å². The Labute approximate surface area is 100 Å². The van der Waals surface area contributed by atoms with Gasteiger partial charge < -0.3 is 10.0 Å². The molecule has 2 N–H and O–H groups in total. The van der Waals surface area contributed by atoms with E-state index in [0.717, 1.165) is 18.7 Å². The van der Waals surface area contributed by atoms with Crippen LogP contribution in [0.2, 0.25) is 0 Å². The molecule has 0 radical (unpaired) electrons. The molecule has 0 aliphatic carbocycles. The molecule has 1 fully saturated rings. The molecular weight excluding hydrogens is 220 g/mol. The van der Waals surface area contributed by atoms with Crippen molar-refractivity contribution in [1.82, 2.24) is 20.1 Å². The standard InChI is InChI=1S/C11H18N4O2/c1-3-4-8-12-9(14-13-8)10(16)15-6-5-11(2,17)7-15/h17H,3-7H2,1-2H3,(H,12,13,14). The number of aliphatic hydroxyl groups is 1. The molecule has 1 amide bonds. The van der Waals surface area contributed by atoms with Gasteiger partial charge in [-0.15, -0.1) is 5.10 Å². The summed E-state index contributed by atoms with van der Waals surface area (Å²) in [7, 11) is 0. The molecule has 1 aromatic rings. The van der Waals surface area contributed by atoms with Crippen molar-refractivity contribution in [2.24, 2.45) is 0 Å². The van der Waals surface area contributed by atoms with Crippen molar-refractivity contribution >= 4 is 5.91 Å². The van der Waals surface area contributed by atoms with Crippen LogP contribution in [0.5, 0.6) is 0 Å². The number of hydrogen-bond acceptors (Lipinski definition) is 4. The average molecular weight is 238 g/mol. The Hall–Kier alpha value is -1.43. The van der Waals surface area contributed by atoms with Gasteiger partial charge in [-0.25, -0.2) is 4.98 Å². The number of H-pyrrole nitrogens is 1. The van der Waals surface area contributed by atoms with Gasteiger partial charge in [0.05, 0.1) is 5.60 Å². The zero-order valence-corrected chi connectivity index (χ0v) is 10.2. The zero-order valence-electron chi connectivity index (χ0n) is 10.2. The minimum Gasteiger partial charge on any atom is -0.388 e. The quantitative estimate of drug-likeness (QED) is 0.796. The van der Waals surface area contributed by atoms with Crippen molar-refractivity contribution in [3.8, 4) is 0 Å². The van der Waals surface area contributed by atoms with Crippen molar-refractivity contribution in [1.29, 1.82) is 0 Å². The van der Waals surface area contributed by atoms with Crippen molar-refractivity contribution < 1.29 is 9.90 Å². The van der Waals surface area contributed by atoms with Crippen molar-refractivity contribution in [3.63, 3.8) is 0 Å². The van der Waals surface area contributed by atoms with Gasteiger partial charge in [0.1, 0.15) is 5.82 Å². The largest absolute Gasteiger partial charge is 0.388 e. The Morgan fingerprint density at radius 2 is 2.41 bits per heavy atom. The predicted molar refractivity (Wildman–Crippen MR) is 61.5 cm³/mol. The van der Waals surface area contributed by atoms with E-state index in [0.29, 0.717) is 19.5 Å². The molecule has 2 rings (SSSR count). The molecule has 1 atom stereocenters. The van der Waals surface area contributed by atoms with Crippen LogP contribution in [-0.2, 0) is 6.42 Å². The molecular formula is C11H18N4O2. The SMILES string of the molecule is CCCc1nc(C(=O)N2CCC(C)(O)C2)n[nH]1. The van der Waals surface area contributed by atoms with E-state index in [4.69, 9.17) is 0 Å². The zero-order chi connectivity index (χ0) is 12.5. The highest BCUT2D eigenvalue weighted by atomic mass is 16.3. The third-order valence-electron chi connectivity index (χ3n) is 2.95. The lowest BCUT2D eigenvalue weighted by molar-refractivity contribution is 0.0566. The second-order valence-corrected chi connectivity index (χ2v) is 4.83. The van der Waals surface area contributed by atoms with Gasteiger partial charge in [0.15, 0.2) is 0 Å². The molecule has 0 spiro atoms. The number of likely N-dealkylation sites (tertiary alicyclic amines) is 1. The van der Waals surface area contributed by atoms with Gasteiger partial charge in [0.25, 0.3) is 5.91 Å². The van der Waals surface area contributed by atoms with E-state index in [1.165, 1.54) is 0 Å². The third-order valence-corrected chi connectivity index (χ3v) is 2.95. The summed E-state index contributed by atoms with van der Waals surface area (Å²) in [6.07, 6.45) is 2.35. The van der Waals surface area contributed by atoms with Gasteiger partial charge in [-0.1, -0.05) is 6.92 Å². The topological polar surface area (TPSA) is 82.1 Å². The maximum absolute atomic E-state index is 12.0. The van der Waals surface area contributed by atoms with Crippen LogP contribution >= 0.6 is 0 Å². The number of aromatic amines is 1. The lowest BCUT2D eigenvalue weighted by Crippen LogP contribution is -2.34. The minimum absolute atomic E-state index is 0.200. The number of aryl methyl sites for hydroxylation is 1. The number of aromatic nitrogens is 3. The van der Waals surface area contributed by atoms with E-state index < -0.39 is 5.60 Å². The first-order chi connectivity index (χ1) is 8.02. The number of rotatable bonds is 3. The molecule has 0 bridgehead atoms. The van der Waals surface area contributed by atoms with Crippen LogP contribution in [0, 0.1) is 0 Å². The van der Waals surface area contributed by atoms with Crippen LogP contribution in [-0.4, -0.2) is 49.8 Å². The fourth-order valence-electron chi connectivity index (χ4n) is 2.00. The molecule has 1 aliphatic rings. The van der Waals surface area contributed by atoms with Gasteiger partial charge in [-0.05, 0) is 19.8 Å². The normalized spacial score (nSPS) is 24.3. The second-order valence-electron chi connectivity index (χ2n) is 4.83. The molecule has 94 valence electrons. The fourth-order valence-corrected chi connectivity index (χ4v) is 2.00. The lowest BCUT2D eigenvalue weighted by Gasteiger charge is -2.17. The van der Waals surface area contributed by atoms with E-state index in [2.05, 4.69) is 15.2 Å². The molecule has 0 saturated carbocycles. The average Bonchev–Trinajstić information content (AvgIpc) is 2.85. The van der Waals surface area contributed by atoms with E-state index in [1.54, 1.807) is 11.8 Å². The summed E-state index contributed by atoms with van der Waals surface area (Å²) in [5, 5.41) is 16.5. The van der Waals surface area contributed by atoms with Crippen LogP contribution in [0.15, 0.2) is 0 Å². The van der Waals surface area contributed by atoms with E-state index in [1.807, 2.05) is 6.92 Å². The number of hydrogen-bond donors (Lipinski definition) is 2. The summed E-state index contributed by atoms with van der Waals surface area (Å²) in [5.74, 6) is 0.731. The summed E-state index contributed by atoms with van der Waals surface area (Å²) < 4.78 is 0. The smallest absolute Gasteiger partial charge is 0.293 e. The Kier molecular flexibility index (Phi) is 3.15. The highest BCUT2D eigenvalue weighted by Gasteiger charge is 2.35. The molecule has 1 aromatic heterocycles. The molecule has 6 heteroatoms. The van der Waals surface area contributed by atoms with Crippen LogP contribution in [0.4, 0.5) is 0 Å². The summed E-state index contributed by atoms with van der Waals surface area (Å²) in [6.45, 7) is 4.69. The first-order valence-corrected chi connectivity index (χ1v) is 5.95. The Bertz CT molecular complexity index is 413. The number of nitrogens with zero attached hydrogens (tertiary/aromatic N) is 3. The van der Waals surface area contributed by atoms with Crippen LogP contribution in [0.1, 0.15) is 43.1 Å². The Morgan fingerprint density at radius 1 is 1.65 bits per heavy atom. The number of carbonyl (C=O) groups excluding carboxylic acids is 1. The summed E-state index contributed by atoms with van der Waals surface area (Å²) in [5.41, 5.74) is -0.780. The van der Waals surface area contributed by atoms with Gasteiger partial charge >= 0.3 is 0 Å². The van der Waals surface area contributed by atoms with Crippen molar-refractivity contribution in [3.05, 3.63) is 11.6 Å². The van der Waals surface area contributed by atoms with Gasteiger partial charge in [-0.2, -0.15) is 0 Å². The van der Waals surface area contributed by atoms with Crippen LogP contribution < -0.4 is 0 Å².